The second-order valence-corrected chi connectivity index (χ2v) is 7.14. The fourth-order valence-corrected chi connectivity index (χ4v) is 3.64. The number of fused-ring (bicyclic) bond motifs is 1. The predicted molar refractivity (Wildman–Crippen MR) is 110 cm³/mol. The van der Waals surface area contributed by atoms with E-state index in [4.69, 9.17) is 17.0 Å². The zero-order valence-corrected chi connectivity index (χ0v) is 16.3. The zero-order valence-electron chi connectivity index (χ0n) is 15.5. The molecule has 1 saturated heterocycles. The summed E-state index contributed by atoms with van der Waals surface area (Å²) in [6.07, 6.45) is 3.28. The average Bonchev–Trinajstić information content (AvgIpc) is 3.14. The molecular formula is C20H27N3O2S. The van der Waals surface area contributed by atoms with E-state index < -0.39 is 0 Å². The Bertz CT molecular complexity index is 827. The van der Waals surface area contributed by atoms with Crippen LogP contribution in [0.25, 0.3) is 10.9 Å². The van der Waals surface area contributed by atoms with Crippen molar-refractivity contribution in [1.29, 1.82) is 0 Å². The molecule has 2 N–H and O–H groups in total. The molecule has 6 heteroatoms. The zero-order chi connectivity index (χ0) is 18.5. The molecule has 5 nitrogen and oxygen atoms in total. The van der Waals surface area contributed by atoms with Gasteiger partial charge in [-0.3, -0.25) is 4.79 Å². The molecule has 26 heavy (non-hydrogen) atoms. The lowest BCUT2D eigenvalue weighted by Crippen LogP contribution is -2.43. The van der Waals surface area contributed by atoms with E-state index in [1.807, 2.05) is 19.1 Å². The van der Waals surface area contributed by atoms with Gasteiger partial charge in [0.15, 0.2) is 5.11 Å². The molecule has 0 saturated carbocycles. The molecule has 1 fully saturated rings. The summed E-state index contributed by atoms with van der Waals surface area (Å²) in [6, 6.07) is 8.17. The summed E-state index contributed by atoms with van der Waals surface area (Å²) >= 11 is 5.53. The van der Waals surface area contributed by atoms with Gasteiger partial charge >= 0.3 is 0 Å². The Kier molecular flexibility index (Phi) is 6.27. The van der Waals surface area contributed by atoms with Crippen LogP contribution in [0.3, 0.4) is 0 Å². The molecule has 1 atom stereocenters. The van der Waals surface area contributed by atoms with Crippen molar-refractivity contribution in [3.8, 4) is 0 Å². The van der Waals surface area contributed by atoms with Crippen molar-refractivity contribution < 1.29 is 4.74 Å². The highest BCUT2D eigenvalue weighted by atomic mass is 32.1. The van der Waals surface area contributed by atoms with Crippen LogP contribution in [0.15, 0.2) is 29.1 Å². The van der Waals surface area contributed by atoms with E-state index in [-0.39, 0.29) is 11.7 Å². The first kappa shape index (κ1) is 18.9. The lowest BCUT2D eigenvalue weighted by Gasteiger charge is -2.28. The summed E-state index contributed by atoms with van der Waals surface area (Å²) in [4.78, 5) is 17.6. The van der Waals surface area contributed by atoms with Gasteiger partial charge in [0, 0.05) is 30.8 Å². The van der Waals surface area contributed by atoms with Gasteiger partial charge in [0.25, 0.3) is 5.56 Å². The Morgan fingerprint density at radius 1 is 1.38 bits per heavy atom. The fraction of sp³-hybridized carbons (Fsp3) is 0.500. The highest BCUT2D eigenvalue weighted by Gasteiger charge is 2.21. The Morgan fingerprint density at radius 3 is 2.92 bits per heavy atom. The van der Waals surface area contributed by atoms with Crippen molar-refractivity contribution in [2.45, 2.75) is 45.8 Å². The Balaban J connectivity index is 1.87. The van der Waals surface area contributed by atoms with Crippen LogP contribution in [0.5, 0.6) is 0 Å². The maximum Gasteiger partial charge on any atom is 0.253 e. The van der Waals surface area contributed by atoms with Crippen molar-refractivity contribution in [2.24, 2.45) is 0 Å². The summed E-state index contributed by atoms with van der Waals surface area (Å²) in [5.74, 6) is 0. The molecule has 0 bridgehead atoms. The number of rotatable bonds is 6. The molecule has 2 aromatic rings. The number of benzene rings is 1. The van der Waals surface area contributed by atoms with Crippen LogP contribution < -0.4 is 10.9 Å². The van der Waals surface area contributed by atoms with E-state index in [1.165, 1.54) is 5.56 Å². The van der Waals surface area contributed by atoms with Gasteiger partial charge in [-0.05, 0) is 67.6 Å². The van der Waals surface area contributed by atoms with Gasteiger partial charge in [0.2, 0.25) is 0 Å². The maximum atomic E-state index is 12.6. The van der Waals surface area contributed by atoms with Gasteiger partial charge in [0.1, 0.15) is 0 Å². The molecule has 0 radical (unpaired) electrons. The van der Waals surface area contributed by atoms with Gasteiger partial charge in [-0.2, -0.15) is 0 Å². The smallest absolute Gasteiger partial charge is 0.253 e. The third kappa shape index (κ3) is 4.43. The van der Waals surface area contributed by atoms with Crippen LogP contribution in [0.2, 0.25) is 0 Å². The molecule has 1 aliphatic rings. The first-order chi connectivity index (χ1) is 12.6. The van der Waals surface area contributed by atoms with Gasteiger partial charge in [-0.1, -0.05) is 13.0 Å². The van der Waals surface area contributed by atoms with E-state index in [0.29, 0.717) is 18.2 Å². The van der Waals surface area contributed by atoms with Gasteiger partial charge < -0.3 is 19.9 Å². The van der Waals surface area contributed by atoms with Crippen LogP contribution in [0.4, 0.5) is 0 Å². The maximum absolute atomic E-state index is 12.6. The van der Waals surface area contributed by atoms with Gasteiger partial charge in [0.05, 0.1) is 12.6 Å². The SMILES string of the molecule is CCNC(=S)N(Cc1cc2cc(CC)ccc2[nH]c1=O)C[C@H]1CCCO1. The number of aryl methyl sites for hydroxylation is 1. The van der Waals surface area contributed by atoms with E-state index >= 15 is 0 Å². The lowest BCUT2D eigenvalue weighted by atomic mass is 10.1. The molecule has 0 spiro atoms. The van der Waals surface area contributed by atoms with E-state index in [1.54, 1.807) is 0 Å². The highest BCUT2D eigenvalue weighted by Crippen LogP contribution is 2.17. The fourth-order valence-electron chi connectivity index (χ4n) is 3.36. The second kappa shape index (κ2) is 8.64. The minimum absolute atomic E-state index is 0.0570. The number of hydrogen-bond acceptors (Lipinski definition) is 3. The summed E-state index contributed by atoms with van der Waals surface area (Å²) in [6.45, 7) is 6.90. The number of thiocarbonyl (C=S) groups is 1. The Morgan fingerprint density at radius 2 is 2.23 bits per heavy atom. The molecule has 0 amide bonds. The number of nitrogens with zero attached hydrogens (tertiary/aromatic N) is 1. The molecule has 2 heterocycles. The Labute approximate surface area is 159 Å². The van der Waals surface area contributed by atoms with E-state index in [9.17, 15) is 4.79 Å². The topological polar surface area (TPSA) is 57.4 Å². The van der Waals surface area contributed by atoms with Crippen LogP contribution in [0, 0.1) is 0 Å². The average molecular weight is 374 g/mol. The van der Waals surface area contributed by atoms with Crippen LogP contribution in [0.1, 0.15) is 37.8 Å². The minimum Gasteiger partial charge on any atom is -0.376 e. The van der Waals surface area contributed by atoms with E-state index in [2.05, 4.69) is 34.3 Å². The molecule has 1 aromatic heterocycles. The number of nitrogens with one attached hydrogen (secondary N) is 2. The van der Waals surface area contributed by atoms with E-state index in [0.717, 1.165) is 48.9 Å². The third-order valence-corrected chi connectivity index (χ3v) is 5.22. The third-order valence-electron chi connectivity index (χ3n) is 4.82. The summed E-state index contributed by atoms with van der Waals surface area (Å²) in [5, 5.41) is 4.94. The molecule has 3 rings (SSSR count). The summed E-state index contributed by atoms with van der Waals surface area (Å²) < 4.78 is 5.77. The number of aromatic amines is 1. The van der Waals surface area contributed by atoms with Crippen LogP contribution >= 0.6 is 12.2 Å². The van der Waals surface area contributed by atoms with Crippen molar-refractivity contribution in [3.05, 3.63) is 45.7 Å². The standard InChI is InChI=1S/C20H27N3O2S/c1-3-14-7-8-18-15(10-14)11-16(19(24)22-18)12-23(20(26)21-4-2)13-17-6-5-9-25-17/h7-8,10-11,17H,3-6,9,12-13H2,1-2H3,(H,21,26)(H,22,24)/t17-/m1/s1. The monoisotopic (exact) mass is 373 g/mol. The second-order valence-electron chi connectivity index (χ2n) is 6.75. The lowest BCUT2D eigenvalue weighted by molar-refractivity contribution is 0.0897. The van der Waals surface area contributed by atoms with Crippen molar-refractivity contribution in [1.82, 2.24) is 15.2 Å². The normalized spacial score (nSPS) is 16.8. The minimum atomic E-state index is -0.0570. The predicted octanol–water partition coefficient (Wildman–Crippen LogP) is 2.97. The molecule has 0 aliphatic carbocycles. The Hall–Kier alpha value is -1.92. The molecule has 1 aromatic carbocycles. The van der Waals surface area contributed by atoms with Crippen LogP contribution in [-0.4, -0.2) is 40.8 Å². The number of pyridine rings is 1. The van der Waals surface area contributed by atoms with Crippen molar-refractivity contribution >= 4 is 28.2 Å². The molecule has 0 unspecified atom stereocenters. The van der Waals surface area contributed by atoms with Gasteiger partial charge in [-0.15, -0.1) is 0 Å². The number of hydrogen-bond donors (Lipinski definition) is 2. The molecule has 140 valence electrons. The van der Waals surface area contributed by atoms with Crippen molar-refractivity contribution in [2.75, 3.05) is 19.7 Å². The largest absolute Gasteiger partial charge is 0.376 e. The number of H-pyrrole nitrogens is 1. The van der Waals surface area contributed by atoms with Crippen LogP contribution in [-0.2, 0) is 17.7 Å². The number of ether oxygens (including phenoxy) is 1. The quantitative estimate of drug-likeness (QED) is 0.763. The van der Waals surface area contributed by atoms with Gasteiger partial charge in [-0.25, -0.2) is 0 Å². The molecule has 1 aliphatic heterocycles. The number of aromatic nitrogens is 1. The summed E-state index contributed by atoms with van der Waals surface area (Å²) in [7, 11) is 0. The van der Waals surface area contributed by atoms with Crippen molar-refractivity contribution in [3.63, 3.8) is 0 Å². The highest BCUT2D eigenvalue weighted by molar-refractivity contribution is 7.80. The first-order valence-corrected chi connectivity index (χ1v) is 9.80. The molecular weight excluding hydrogens is 346 g/mol. The first-order valence-electron chi connectivity index (χ1n) is 9.40. The summed E-state index contributed by atoms with van der Waals surface area (Å²) in [5.41, 5.74) is 2.80.